The molecule has 2 unspecified atom stereocenters. The predicted octanol–water partition coefficient (Wildman–Crippen LogP) is 1.12. The number of morpholine rings is 1. The minimum Gasteiger partial charge on any atom is -0.496 e. The molecule has 2 aliphatic heterocycles. The summed E-state index contributed by atoms with van der Waals surface area (Å²) in [5.41, 5.74) is 1.61. The van der Waals surface area contributed by atoms with E-state index < -0.39 is 5.60 Å². The fourth-order valence-electron chi connectivity index (χ4n) is 2.65. The highest BCUT2D eigenvalue weighted by molar-refractivity contribution is 5.80. The number of fused-ring (bicyclic) bond motifs is 2. The Bertz CT molecular complexity index is 486. The lowest BCUT2D eigenvalue weighted by molar-refractivity contribution is -0.153. The minimum atomic E-state index is -0.483. The zero-order valence-electron chi connectivity index (χ0n) is 9.95. The first-order valence-electron chi connectivity index (χ1n) is 5.76. The third-order valence-corrected chi connectivity index (χ3v) is 3.68. The molecule has 2 bridgehead atoms. The van der Waals surface area contributed by atoms with Crippen LogP contribution in [0.25, 0.3) is 0 Å². The quantitative estimate of drug-likeness (QED) is 0.778. The van der Waals surface area contributed by atoms with E-state index in [1.54, 1.807) is 7.11 Å². The van der Waals surface area contributed by atoms with Gasteiger partial charge in [0.15, 0.2) is 5.60 Å². The van der Waals surface area contributed by atoms with Crippen molar-refractivity contribution in [2.45, 2.75) is 25.0 Å². The van der Waals surface area contributed by atoms with Crippen LogP contribution in [0.15, 0.2) is 18.2 Å². The number of methoxy groups -OCH3 is 1. The number of carbonyl (C=O) groups is 1. The molecule has 17 heavy (non-hydrogen) atoms. The summed E-state index contributed by atoms with van der Waals surface area (Å²) in [5.74, 6) is 0.694. The maximum absolute atomic E-state index is 11.5. The molecule has 2 aliphatic rings. The number of rotatable bonds is 2. The fourth-order valence-corrected chi connectivity index (χ4v) is 2.65. The Balaban J connectivity index is 2.02. The van der Waals surface area contributed by atoms with Crippen LogP contribution in [-0.2, 0) is 15.1 Å². The molecule has 0 aliphatic carbocycles. The summed E-state index contributed by atoms with van der Waals surface area (Å²) >= 11 is 0. The van der Waals surface area contributed by atoms with Crippen molar-refractivity contribution in [3.8, 4) is 5.75 Å². The van der Waals surface area contributed by atoms with Gasteiger partial charge in [-0.3, -0.25) is 10.1 Å². The average Bonchev–Trinajstić information content (AvgIpc) is 2.88. The summed E-state index contributed by atoms with van der Waals surface area (Å²) in [6, 6.07) is 5.85. The second-order valence-corrected chi connectivity index (χ2v) is 4.74. The summed E-state index contributed by atoms with van der Waals surface area (Å²) in [5, 5.41) is 3.18. The van der Waals surface area contributed by atoms with Gasteiger partial charge in [0.25, 0.3) is 0 Å². The van der Waals surface area contributed by atoms with Gasteiger partial charge in [0, 0.05) is 18.5 Å². The van der Waals surface area contributed by atoms with Crippen molar-refractivity contribution in [1.82, 2.24) is 5.32 Å². The molecule has 0 radical (unpaired) electrons. The standard InChI is InChI=1S/C13H15NO3/c1-8-3-4-9(5-11(8)16-2)13-6-10(14-7-13)12(15)17-13/h3-5,10,14H,6-7H2,1-2H3. The molecule has 2 heterocycles. The molecule has 2 saturated heterocycles. The van der Waals surface area contributed by atoms with E-state index in [1.807, 2.05) is 25.1 Å². The van der Waals surface area contributed by atoms with E-state index in [9.17, 15) is 4.79 Å². The Kier molecular flexibility index (Phi) is 2.16. The van der Waals surface area contributed by atoms with E-state index in [1.165, 1.54) is 0 Å². The molecule has 1 aromatic carbocycles. The van der Waals surface area contributed by atoms with Crippen LogP contribution in [0.1, 0.15) is 17.5 Å². The van der Waals surface area contributed by atoms with Crippen LogP contribution >= 0.6 is 0 Å². The molecule has 4 heteroatoms. The maximum Gasteiger partial charge on any atom is 0.324 e. The largest absolute Gasteiger partial charge is 0.496 e. The SMILES string of the molecule is COc1cc(C23CNC(C2)C(=O)O3)ccc1C. The van der Waals surface area contributed by atoms with Gasteiger partial charge in [-0.1, -0.05) is 12.1 Å². The molecule has 0 saturated carbocycles. The van der Waals surface area contributed by atoms with E-state index >= 15 is 0 Å². The molecule has 0 aromatic heterocycles. The lowest BCUT2D eigenvalue weighted by Crippen LogP contribution is -2.40. The zero-order valence-corrected chi connectivity index (χ0v) is 9.95. The van der Waals surface area contributed by atoms with Gasteiger partial charge in [0.2, 0.25) is 0 Å². The Morgan fingerprint density at radius 1 is 1.53 bits per heavy atom. The summed E-state index contributed by atoms with van der Waals surface area (Å²) in [6.45, 7) is 2.69. The van der Waals surface area contributed by atoms with Crippen LogP contribution < -0.4 is 10.1 Å². The number of aryl methyl sites for hydroxylation is 1. The van der Waals surface area contributed by atoms with Gasteiger partial charge in [-0.15, -0.1) is 0 Å². The third-order valence-electron chi connectivity index (χ3n) is 3.68. The van der Waals surface area contributed by atoms with Crippen LogP contribution in [0.3, 0.4) is 0 Å². The minimum absolute atomic E-state index is 0.137. The molecule has 1 aromatic rings. The van der Waals surface area contributed by atoms with E-state index in [-0.39, 0.29) is 12.0 Å². The number of hydrogen-bond acceptors (Lipinski definition) is 4. The first-order valence-corrected chi connectivity index (χ1v) is 5.76. The van der Waals surface area contributed by atoms with Crippen LogP contribution in [0.5, 0.6) is 5.75 Å². The Morgan fingerprint density at radius 2 is 2.35 bits per heavy atom. The monoisotopic (exact) mass is 233 g/mol. The Hall–Kier alpha value is -1.55. The molecule has 90 valence electrons. The first kappa shape index (κ1) is 10.6. The first-order chi connectivity index (χ1) is 8.14. The molecule has 4 nitrogen and oxygen atoms in total. The number of nitrogens with one attached hydrogen (secondary N) is 1. The van der Waals surface area contributed by atoms with Gasteiger partial charge in [0.05, 0.1) is 7.11 Å². The number of hydrogen-bond donors (Lipinski definition) is 1. The average molecular weight is 233 g/mol. The zero-order chi connectivity index (χ0) is 12.0. The molecule has 3 rings (SSSR count). The molecule has 2 atom stereocenters. The van der Waals surface area contributed by atoms with Crippen molar-refractivity contribution in [3.05, 3.63) is 29.3 Å². The molecule has 0 spiro atoms. The maximum atomic E-state index is 11.5. The van der Waals surface area contributed by atoms with Crippen molar-refractivity contribution in [3.63, 3.8) is 0 Å². The number of ether oxygens (including phenoxy) is 2. The van der Waals surface area contributed by atoms with Crippen LogP contribution in [0.4, 0.5) is 0 Å². The molecular weight excluding hydrogens is 218 g/mol. The van der Waals surface area contributed by atoms with E-state index in [0.717, 1.165) is 23.3 Å². The lowest BCUT2D eigenvalue weighted by atomic mass is 9.92. The summed E-state index contributed by atoms with van der Waals surface area (Å²) < 4.78 is 10.8. The highest BCUT2D eigenvalue weighted by Crippen LogP contribution is 2.42. The highest BCUT2D eigenvalue weighted by Gasteiger charge is 2.53. The van der Waals surface area contributed by atoms with Crippen LogP contribution in [0.2, 0.25) is 0 Å². The summed E-state index contributed by atoms with van der Waals surface area (Å²) in [6.07, 6.45) is 0.720. The molecule has 1 N–H and O–H groups in total. The lowest BCUT2D eigenvalue weighted by Gasteiger charge is -2.27. The topological polar surface area (TPSA) is 47.6 Å². The number of carbonyl (C=O) groups excluding carboxylic acids is 1. The van der Waals surface area contributed by atoms with Crippen LogP contribution in [-0.4, -0.2) is 25.7 Å². The smallest absolute Gasteiger partial charge is 0.324 e. The predicted molar refractivity (Wildman–Crippen MR) is 61.9 cm³/mol. The Morgan fingerprint density at radius 3 is 2.94 bits per heavy atom. The van der Waals surface area contributed by atoms with E-state index in [2.05, 4.69) is 5.32 Å². The van der Waals surface area contributed by atoms with E-state index in [4.69, 9.17) is 9.47 Å². The molecule has 0 amide bonds. The van der Waals surface area contributed by atoms with Crippen molar-refractivity contribution in [2.24, 2.45) is 0 Å². The van der Waals surface area contributed by atoms with Gasteiger partial charge >= 0.3 is 5.97 Å². The second-order valence-electron chi connectivity index (χ2n) is 4.74. The summed E-state index contributed by atoms with van der Waals surface area (Å²) in [7, 11) is 1.65. The highest BCUT2D eigenvalue weighted by atomic mass is 16.6. The fraction of sp³-hybridized carbons (Fsp3) is 0.462. The van der Waals surface area contributed by atoms with Crippen molar-refractivity contribution < 1.29 is 14.3 Å². The van der Waals surface area contributed by atoms with Crippen molar-refractivity contribution in [2.75, 3.05) is 13.7 Å². The van der Waals surface area contributed by atoms with Gasteiger partial charge < -0.3 is 9.47 Å². The van der Waals surface area contributed by atoms with Crippen molar-refractivity contribution >= 4 is 5.97 Å². The normalized spacial score (nSPS) is 30.5. The number of esters is 1. The van der Waals surface area contributed by atoms with Gasteiger partial charge in [-0.05, 0) is 18.6 Å². The third kappa shape index (κ3) is 1.44. The molecule has 2 fully saturated rings. The number of benzene rings is 1. The molecular formula is C13H15NO3. The summed E-state index contributed by atoms with van der Waals surface area (Å²) in [4.78, 5) is 11.5. The Labute approximate surface area is 99.9 Å². The van der Waals surface area contributed by atoms with Crippen LogP contribution in [0, 0.1) is 6.92 Å². The van der Waals surface area contributed by atoms with Gasteiger partial charge in [0.1, 0.15) is 11.8 Å². The second kappa shape index (κ2) is 3.47. The van der Waals surface area contributed by atoms with Gasteiger partial charge in [-0.2, -0.15) is 0 Å². The van der Waals surface area contributed by atoms with Crippen molar-refractivity contribution in [1.29, 1.82) is 0 Å². The van der Waals surface area contributed by atoms with E-state index in [0.29, 0.717) is 6.54 Å². The van der Waals surface area contributed by atoms with Gasteiger partial charge in [-0.25, -0.2) is 0 Å².